The Kier molecular flexibility index (Phi) is 2.04. The van der Waals surface area contributed by atoms with Crippen LogP contribution in [0.1, 0.15) is 16.8 Å². The maximum atomic E-state index is 13.2. The summed E-state index contributed by atoms with van der Waals surface area (Å²) in [5, 5.41) is 1.03. The first-order chi connectivity index (χ1) is 6.63. The lowest BCUT2D eigenvalue weighted by atomic mass is 10.1. The minimum atomic E-state index is -0.178. The number of rotatable bonds is 1. The predicted octanol–water partition coefficient (Wildman–Crippen LogP) is 2.38. The van der Waals surface area contributed by atoms with E-state index in [2.05, 4.69) is 4.98 Å². The lowest BCUT2D eigenvalue weighted by Gasteiger charge is -1.98. The van der Waals surface area contributed by atoms with Crippen molar-refractivity contribution in [3.63, 3.8) is 0 Å². The first kappa shape index (κ1) is 9.21. The average molecular weight is 192 g/mol. The molecule has 0 spiro atoms. The van der Waals surface area contributed by atoms with Gasteiger partial charge in [-0.3, -0.25) is 0 Å². The highest BCUT2D eigenvalue weighted by atomic mass is 19.1. The average Bonchev–Trinajstić information content (AvgIpc) is 2.42. The third-order valence-electron chi connectivity index (χ3n) is 2.60. The molecule has 0 aliphatic carbocycles. The number of hydrogen-bond donors (Lipinski definition) is 2. The van der Waals surface area contributed by atoms with Gasteiger partial charge in [0.15, 0.2) is 0 Å². The van der Waals surface area contributed by atoms with Gasteiger partial charge < -0.3 is 10.7 Å². The van der Waals surface area contributed by atoms with Gasteiger partial charge in [-0.1, -0.05) is 0 Å². The Bertz CT molecular complexity index is 485. The van der Waals surface area contributed by atoms with E-state index in [9.17, 15) is 4.39 Å². The van der Waals surface area contributed by atoms with E-state index in [4.69, 9.17) is 5.73 Å². The molecule has 3 heteroatoms. The second-order valence-corrected chi connectivity index (χ2v) is 3.58. The Balaban J connectivity index is 2.82. The van der Waals surface area contributed by atoms with E-state index in [-0.39, 0.29) is 5.82 Å². The quantitative estimate of drug-likeness (QED) is 0.715. The SMILES string of the molecule is Cc1cc2c(CN)c(C)[nH]c2cc1F. The molecule has 1 heterocycles. The Hall–Kier alpha value is -1.35. The molecule has 0 bridgehead atoms. The number of aromatic nitrogens is 1. The van der Waals surface area contributed by atoms with Gasteiger partial charge in [-0.25, -0.2) is 4.39 Å². The van der Waals surface area contributed by atoms with Crippen LogP contribution >= 0.6 is 0 Å². The molecule has 0 aliphatic rings. The van der Waals surface area contributed by atoms with Crippen LogP contribution in [0.3, 0.4) is 0 Å². The molecular weight excluding hydrogens is 179 g/mol. The van der Waals surface area contributed by atoms with Crippen molar-refractivity contribution in [2.45, 2.75) is 20.4 Å². The van der Waals surface area contributed by atoms with Crippen molar-refractivity contribution in [3.05, 3.63) is 34.8 Å². The normalized spacial score (nSPS) is 11.1. The standard InChI is InChI=1S/C11H13FN2/c1-6-3-8-9(5-13)7(2)14-11(8)4-10(6)12/h3-4,14H,5,13H2,1-2H3. The smallest absolute Gasteiger partial charge is 0.128 e. The summed E-state index contributed by atoms with van der Waals surface area (Å²) < 4.78 is 13.2. The van der Waals surface area contributed by atoms with Crippen LogP contribution in [0.25, 0.3) is 10.9 Å². The first-order valence-corrected chi connectivity index (χ1v) is 4.61. The van der Waals surface area contributed by atoms with Crippen molar-refractivity contribution in [2.24, 2.45) is 5.73 Å². The van der Waals surface area contributed by atoms with Gasteiger partial charge in [0.2, 0.25) is 0 Å². The molecule has 0 amide bonds. The monoisotopic (exact) mass is 192 g/mol. The molecule has 0 fully saturated rings. The molecule has 1 aromatic heterocycles. The zero-order valence-electron chi connectivity index (χ0n) is 8.32. The summed E-state index contributed by atoms with van der Waals surface area (Å²) in [6.45, 7) is 4.20. The van der Waals surface area contributed by atoms with Crippen molar-refractivity contribution in [2.75, 3.05) is 0 Å². The molecule has 74 valence electrons. The molecule has 1 aromatic carbocycles. The van der Waals surface area contributed by atoms with Gasteiger partial charge in [0.25, 0.3) is 0 Å². The highest BCUT2D eigenvalue weighted by Crippen LogP contribution is 2.24. The lowest BCUT2D eigenvalue weighted by molar-refractivity contribution is 0.620. The minimum Gasteiger partial charge on any atom is -0.358 e. The largest absolute Gasteiger partial charge is 0.358 e. The zero-order valence-corrected chi connectivity index (χ0v) is 8.32. The number of benzene rings is 1. The summed E-state index contributed by atoms with van der Waals surface area (Å²) in [7, 11) is 0. The van der Waals surface area contributed by atoms with Crippen LogP contribution in [-0.2, 0) is 6.54 Å². The molecule has 2 nitrogen and oxygen atoms in total. The summed E-state index contributed by atoms with van der Waals surface area (Å²) in [6, 6.07) is 3.37. The van der Waals surface area contributed by atoms with E-state index in [1.807, 2.05) is 13.0 Å². The van der Waals surface area contributed by atoms with Gasteiger partial charge in [0, 0.05) is 23.1 Å². The predicted molar refractivity (Wildman–Crippen MR) is 55.6 cm³/mol. The van der Waals surface area contributed by atoms with Crippen molar-refractivity contribution in [3.8, 4) is 0 Å². The van der Waals surface area contributed by atoms with Crippen LogP contribution in [0.5, 0.6) is 0 Å². The highest BCUT2D eigenvalue weighted by molar-refractivity contribution is 5.85. The van der Waals surface area contributed by atoms with Gasteiger partial charge in [-0.2, -0.15) is 0 Å². The Morgan fingerprint density at radius 3 is 2.71 bits per heavy atom. The Morgan fingerprint density at radius 1 is 1.36 bits per heavy atom. The maximum absolute atomic E-state index is 13.2. The van der Waals surface area contributed by atoms with Crippen LogP contribution in [0, 0.1) is 19.7 Å². The van der Waals surface area contributed by atoms with Crippen LogP contribution in [0.2, 0.25) is 0 Å². The number of aromatic amines is 1. The minimum absolute atomic E-state index is 0.178. The molecule has 0 radical (unpaired) electrons. The molecule has 0 atom stereocenters. The fraction of sp³-hybridized carbons (Fsp3) is 0.273. The molecule has 3 N–H and O–H groups in total. The molecule has 0 aliphatic heterocycles. The van der Waals surface area contributed by atoms with Crippen molar-refractivity contribution in [1.82, 2.24) is 4.98 Å². The molecule has 2 rings (SSSR count). The third kappa shape index (κ3) is 1.21. The van der Waals surface area contributed by atoms with Crippen LogP contribution in [-0.4, -0.2) is 4.98 Å². The molecule has 0 saturated heterocycles. The van der Waals surface area contributed by atoms with E-state index < -0.39 is 0 Å². The molecular formula is C11H13FN2. The van der Waals surface area contributed by atoms with Gasteiger partial charge in [-0.05, 0) is 37.1 Å². The highest BCUT2D eigenvalue weighted by Gasteiger charge is 2.08. The van der Waals surface area contributed by atoms with Crippen LogP contribution in [0.15, 0.2) is 12.1 Å². The van der Waals surface area contributed by atoms with E-state index >= 15 is 0 Å². The summed E-state index contributed by atoms with van der Waals surface area (Å²) in [5.74, 6) is -0.178. The summed E-state index contributed by atoms with van der Waals surface area (Å²) >= 11 is 0. The topological polar surface area (TPSA) is 41.8 Å². The number of aryl methyl sites for hydroxylation is 2. The summed E-state index contributed by atoms with van der Waals surface area (Å²) in [4.78, 5) is 3.13. The van der Waals surface area contributed by atoms with E-state index in [1.54, 1.807) is 6.92 Å². The number of H-pyrrole nitrogens is 1. The Morgan fingerprint density at radius 2 is 2.07 bits per heavy atom. The van der Waals surface area contributed by atoms with Gasteiger partial charge >= 0.3 is 0 Å². The maximum Gasteiger partial charge on any atom is 0.128 e. The van der Waals surface area contributed by atoms with E-state index in [0.717, 1.165) is 22.2 Å². The van der Waals surface area contributed by atoms with Crippen LogP contribution in [0.4, 0.5) is 4.39 Å². The molecule has 0 saturated carbocycles. The second kappa shape index (κ2) is 3.10. The fourth-order valence-electron chi connectivity index (χ4n) is 1.78. The van der Waals surface area contributed by atoms with Crippen molar-refractivity contribution in [1.29, 1.82) is 0 Å². The summed E-state index contributed by atoms with van der Waals surface area (Å²) in [6.07, 6.45) is 0. The lowest BCUT2D eigenvalue weighted by Crippen LogP contribution is -1.97. The fourth-order valence-corrected chi connectivity index (χ4v) is 1.78. The molecule has 0 unspecified atom stereocenters. The number of hydrogen-bond acceptors (Lipinski definition) is 1. The van der Waals surface area contributed by atoms with E-state index in [0.29, 0.717) is 12.1 Å². The Labute approximate surface area is 81.9 Å². The third-order valence-corrected chi connectivity index (χ3v) is 2.60. The van der Waals surface area contributed by atoms with E-state index in [1.165, 1.54) is 6.07 Å². The molecule has 2 aromatic rings. The second-order valence-electron chi connectivity index (χ2n) is 3.58. The first-order valence-electron chi connectivity index (χ1n) is 4.61. The number of halogens is 1. The van der Waals surface area contributed by atoms with Gasteiger partial charge in [-0.15, -0.1) is 0 Å². The summed E-state index contributed by atoms with van der Waals surface area (Å²) in [5.41, 5.74) is 9.21. The number of nitrogens with two attached hydrogens (primary N) is 1. The molecule has 14 heavy (non-hydrogen) atoms. The van der Waals surface area contributed by atoms with Crippen molar-refractivity contribution >= 4 is 10.9 Å². The van der Waals surface area contributed by atoms with Crippen molar-refractivity contribution < 1.29 is 4.39 Å². The van der Waals surface area contributed by atoms with Crippen LogP contribution < -0.4 is 5.73 Å². The number of fused-ring (bicyclic) bond motifs is 1. The van der Waals surface area contributed by atoms with Gasteiger partial charge in [0.05, 0.1) is 0 Å². The number of nitrogens with one attached hydrogen (secondary N) is 1. The zero-order chi connectivity index (χ0) is 10.3. The van der Waals surface area contributed by atoms with Gasteiger partial charge in [0.1, 0.15) is 5.82 Å².